The summed E-state index contributed by atoms with van der Waals surface area (Å²) in [4.78, 5) is 20.9. The quantitative estimate of drug-likeness (QED) is 0.356. The van der Waals surface area contributed by atoms with E-state index in [1.165, 1.54) is 0 Å². The lowest BCUT2D eigenvalue weighted by atomic mass is 9.83. The van der Waals surface area contributed by atoms with Gasteiger partial charge in [0.05, 0.1) is 18.6 Å². The number of hydrogen-bond donors (Lipinski definition) is 5. The molecule has 0 fully saturated rings. The lowest BCUT2D eigenvalue weighted by Gasteiger charge is -2.23. The summed E-state index contributed by atoms with van der Waals surface area (Å²) in [5, 5.41) is 43.7. The third-order valence-corrected chi connectivity index (χ3v) is 3.63. The molecule has 0 aliphatic rings. The van der Waals surface area contributed by atoms with Gasteiger partial charge < -0.3 is 30.3 Å². The Balaban J connectivity index is 0. The van der Waals surface area contributed by atoms with Crippen molar-refractivity contribution < 1.29 is 39.9 Å². The zero-order valence-electron chi connectivity index (χ0n) is 13.4. The molecule has 1 unspecified atom stereocenters. The van der Waals surface area contributed by atoms with Crippen LogP contribution in [0.25, 0.3) is 0 Å². The minimum absolute atomic E-state index is 0.104. The highest BCUT2D eigenvalue weighted by molar-refractivity contribution is 5.77. The van der Waals surface area contributed by atoms with E-state index in [9.17, 15) is 14.7 Å². The number of ether oxygens (including phenoxy) is 1. The fourth-order valence-electron chi connectivity index (χ4n) is 1.48. The van der Waals surface area contributed by atoms with Crippen LogP contribution >= 0.6 is 0 Å². The molecule has 0 aromatic rings. The average Bonchev–Trinajstić information content (AvgIpc) is 2.50. The third-order valence-electron chi connectivity index (χ3n) is 3.63. The van der Waals surface area contributed by atoms with Gasteiger partial charge in [0.15, 0.2) is 5.60 Å². The summed E-state index contributed by atoms with van der Waals surface area (Å²) in [5.74, 6) is -2.33. The first-order valence-corrected chi connectivity index (χ1v) is 7.18. The molecule has 8 heteroatoms. The van der Waals surface area contributed by atoms with Crippen LogP contribution in [0, 0.1) is 5.41 Å². The van der Waals surface area contributed by atoms with Crippen molar-refractivity contribution in [3.63, 3.8) is 0 Å². The summed E-state index contributed by atoms with van der Waals surface area (Å²) in [6.45, 7) is 4.83. The molecular weight excluding hydrogens is 296 g/mol. The van der Waals surface area contributed by atoms with E-state index >= 15 is 0 Å². The molecule has 5 N–H and O–H groups in total. The van der Waals surface area contributed by atoms with Crippen molar-refractivity contribution in [1.29, 1.82) is 0 Å². The Labute approximate surface area is 130 Å². The minimum Gasteiger partial charge on any atom is -0.481 e. The number of aliphatic hydroxyl groups is 3. The fraction of sp³-hybridized carbons (Fsp3) is 0.857. The molecule has 132 valence electrons. The van der Waals surface area contributed by atoms with Gasteiger partial charge in [0.2, 0.25) is 0 Å². The Kier molecular flexibility index (Phi) is 11.9. The van der Waals surface area contributed by atoms with Gasteiger partial charge in [-0.3, -0.25) is 4.79 Å². The van der Waals surface area contributed by atoms with E-state index in [0.29, 0.717) is 19.4 Å². The smallest absolute Gasteiger partial charge is 0.338 e. The minimum atomic E-state index is -2.06. The van der Waals surface area contributed by atoms with Gasteiger partial charge in [-0.05, 0) is 19.8 Å². The molecule has 22 heavy (non-hydrogen) atoms. The van der Waals surface area contributed by atoms with E-state index in [-0.39, 0.29) is 19.6 Å². The molecule has 1 atom stereocenters. The van der Waals surface area contributed by atoms with Crippen molar-refractivity contribution in [2.24, 2.45) is 5.41 Å². The summed E-state index contributed by atoms with van der Waals surface area (Å²) >= 11 is 0. The third kappa shape index (κ3) is 7.17. The molecule has 0 aliphatic heterocycles. The number of rotatable bonds is 10. The zero-order valence-corrected chi connectivity index (χ0v) is 13.4. The van der Waals surface area contributed by atoms with E-state index in [1.54, 1.807) is 20.8 Å². The van der Waals surface area contributed by atoms with E-state index in [2.05, 4.69) is 0 Å². The van der Waals surface area contributed by atoms with Crippen LogP contribution in [0.2, 0.25) is 0 Å². The molecule has 0 spiro atoms. The Morgan fingerprint density at radius 3 is 1.64 bits per heavy atom. The average molecular weight is 324 g/mol. The number of aliphatic hydroxyl groups excluding tert-OH is 2. The van der Waals surface area contributed by atoms with Gasteiger partial charge in [-0.2, -0.15) is 0 Å². The lowest BCUT2D eigenvalue weighted by Crippen LogP contribution is -2.43. The van der Waals surface area contributed by atoms with Crippen LogP contribution in [-0.2, 0) is 14.3 Å². The lowest BCUT2D eigenvalue weighted by molar-refractivity contribution is -0.165. The number of aliphatic carboxylic acids is 2. The maximum atomic E-state index is 10.6. The van der Waals surface area contributed by atoms with E-state index < -0.39 is 29.6 Å². The molecule has 8 nitrogen and oxygen atoms in total. The predicted octanol–water partition coefficient (Wildman–Crippen LogP) is 0.0907. The van der Waals surface area contributed by atoms with Crippen LogP contribution in [0.3, 0.4) is 0 Å². The van der Waals surface area contributed by atoms with Crippen LogP contribution in [0.5, 0.6) is 0 Å². The molecule has 0 saturated heterocycles. The first-order valence-electron chi connectivity index (χ1n) is 7.18. The standard InChI is InChI=1S/C7H14O5.C7H14O3/c1-2-12-4-3-7(11,5-8)6(9)10;1-3-7(4-2,5-8)6(9)10/h8,11H,2-5H2,1H3,(H,9,10);8H,3-5H2,1-2H3,(H,9,10). The van der Waals surface area contributed by atoms with Crippen molar-refractivity contribution in [2.45, 2.75) is 45.6 Å². The summed E-state index contributed by atoms with van der Waals surface area (Å²) < 4.78 is 4.85. The van der Waals surface area contributed by atoms with Crippen LogP contribution in [0.4, 0.5) is 0 Å². The largest absolute Gasteiger partial charge is 0.481 e. The summed E-state index contributed by atoms with van der Waals surface area (Å²) in [5.41, 5.74) is -2.96. The molecule has 0 aliphatic carbocycles. The number of hydrogen-bond acceptors (Lipinski definition) is 6. The van der Waals surface area contributed by atoms with Gasteiger partial charge in [0, 0.05) is 19.6 Å². The van der Waals surface area contributed by atoms with Crippen LogP contribution in [0.1, 0.15) is 40.0 Å². The summed E-state index contributed by atoms with van der Waals surface area (Å²) in [7, 11) is 0. The highest BCUT2D eigenvalue weighted by atomic mass is 16.5. The van der Waals surface area contributed by atoms with Crippen molar-refractivity contribution in [3.8, 4) is 0 Å². The Morgan fingerprint density at radius 2 is 1.45 bits per heavy atom. The fourth-order valence-corrected chi connectivity index (χ4v) is 1.48. The highest BCUT2D eigenvalue weighted by Gasteiger charge is 2.35. The first-order chi connectivity index (χ1) is 10.2. The van der Waals surface area contributed by atoms with Crippen molar-refractivity contribution in [3.05, 3.63) is 0 Å². The van der Waals surface area contributed by atoms with Crippen LogP contribution < -0.4 is 0 Å². The van der Waals surface area contributed by atoms with Crippen molar-refractivity contribution in [2.75, 3.05) is 26.4 Å². The van der Waals surface area contributed by atoms with Crippen molar-refractivity contribution >= 4 is 11.9 Å². The van der Waals surface area contributed by atoms with Gasteiger partial charge in [0.25, 0.3) is 0 Å². The molecule has 0 aromatic carbocycles. The monoisotopic (exact) mass is 324 g/mol. The normalized spacial score (nSPS) is 13.7. The van der Waals surface area contributed by atoms with Crippen molar-refractivity contribution in [1.82, 2.24) is 0 Å². The van der Waals surface area contributed by atoms with Gasteiger partial charge in [-0.15, -0.1) is 0 Å². The number of carboxylic acids is 2. The predicted molar refractivity (Wildman–Crippen MR) is 78.5 cm³/mol. The Hall–Kier alpha value is -1.22. The maximum absolute atomic E-state index is 10.6. The van der Waals surface area contributed by atoms with Crippen LogP contribution in [-0.4, -0.2) is 69.5 Å². The van der Waals surface area contributed by atoms with E-state index in [1.807, 2.05) is 0 Å². The topological polar surface area (TPSA) is 145 Å². The van der Waals surface area contributed by atoms with E-state index in [4.69, 9.17) is 25.2 Å². The summed E-state index contributed by atoms with van der Waals surface area (Å²) in [6.07, 6.45) is 0.858. The molecule has 0 rings (SSSR count). The highest BCUT2D eigenvalue weighted by Crippen LogP contribution is 2.25. The van der Waals surface area contributed by atoms with Gasteiger partial charge >= 0.3 is 11.9 Å². The molecular formula is C14H28O8. The Morgan fingerprint density at radius 1 is 0.955 bits per heavy atom. The molecule has 0 aromatic heterocycles. The molecule has 0 heterocycles. The second kappa shape index (κ2) is 11.4. The SMILES string of the molecule is CCC(CC)(CO)C(=O)O.CCOCCC(O)(CO)C(=O)O. The maximum Gasteiger partial charge on any atom is 0.338 e. The first kappa shape index (κ1) is 23.1. The zero-order chi connectivity index (χ0) is 17.8. The molecule has 0 bridgehead atoms. The summed E-state index contributed by atoms with van der Waals surface area (Å²) in [6, 6.07) is 0. The molecule has 0 radical (unpaired) electrons. The Bertz CT molecular complexity index is 319. The van der Waals surface area contributed by atoms with Gasteiger partial charge in [0.1, 0.15) is 0 Å². The number of carboxylic acid groups (broad SMARTS) is 2. The number of carbonyl (C=O) groups is 2. The van der Waals surface area contributed by atoms with Crippen LogP contribution in [0.15, 0.2) is 0 Å². The molecule has 0 saturated carbocycles. The second-order valence-electron chi connectivity index (χ2n) is 4.89. The second-order valence-corrected chi connectivity index (χ2v) is 4.89. The van der Waals surface area contributed by atoms with Gasteiger partial charge in [-0.25, -0.2) is 4.79 Å². The molecule has 0 amide bonds. The van der Waals surface area contributed by atoms with E-state index in [0.717, 1.165) is 0 Å². The van der Waals surface area contributed by atoms with Gasteiger partial charge in [-0.1, -0.05) is 13.8 Å².